The third-order valence-corrected chi connectivity index (χ3v) is 6.22. The quantitative estimate of drug-likeness (QED) is 0.415. The number of sulfonamides is 1. The lowest BCUT2D eigenvalue weighted by molar-refractivity contribution is 0.282. The lowest BCUT2D eigenvalue weighted by Crippen LogP contribution is -2.30. The molecule has 3 aromatic heterocycles. The predicted octanol–water partition coefficient (Wildman–Crippen LogP) is 2.94. The van der Waals surface area contributed by atoms with Gasteiger partial charge in [-0.2, -0.15) is 10.1 Å². The van der Waals surface area contributed by atoms with Crippen LogP contribution in [0.5, 0.6) is 5.88 Å². The maximum Gasteiger partial charge on any atom is 0.261 e. The molecule has 0 bridgehead atoms. The van der Waals surface area contributed by atoms with Crippen molar-refractivity contribution in [2.45, 2.75) is 31.4 Å². The molecule has 33 heavy (non-hydrogen) atoms. The van der Waals surface area contributed by atoms with E-state index in [4.69, 9.17) is 9.26 Å². The molecular formula is C21H21FN6O4S. The van der Waals surface area contributed by atoms with Gasteiger partial charge in [0.15, 0.2) is 0 Å². The van der Waals surface area contributed by atoms with Crippen LogP contribution in [-0.2, 0) is 23.7 Å². The summed E-state index contributed by atoms with van der Waals surface area (Å²) < 4.78 is 53.2. The molecule has 172 valence electrons. The van der Waals surface area contributed by atoms with Gasteiger partial charge in [0, 0.05) is 24.7 Å². The van der Waals surface area contributed by atoms with Gasteiger partial charge in [-0.1, -0.05) is 17.3 Å². The van der Waals surface area contributed by atoms with E-state index in [9.17, 15) is 12.8 Å². The summed E-state index contributed by atoms with van der Waals surface area (Å²) in [6.45, 7) is 3.57. The van der Waals surface area contributed by atoms with Crippen LogP contribution in [0, 0.1) is 5.82 Å². The maximum absolute atomic E-state index is 13.0. The summed E-state index contributed by atoms with van der Waals surface area (Å²) in [7, 11) is -1.94. The molecule has 10 nitrogen and oxygen atoms in total. The van der Waals surface area contributed by atoms with Gasteiger partial charge >= 0.3 is 0 Å². The van der Waals surface area contributed by atoms with E-state index in [1.807, 2.05) is 0 Å². The number of pyridine rings is 1. The molecule has 0 spiro atoms. The van der Waals surface area contributed by atoms with Crippen LogP contribution in [0.1, 0.15) is 19.5 Å². The second-order valence-electron chi connectivity index (χ2n) is 7.46. The average molecular weight is 473 g/mol. The Morgan fingerprint density at radius 3 is 2.76 bits per heavy atom. The van der Waals surface area contributed by atoms with E-state index in [2.05, 4.69) is 24.9 Å². The normalized spacial score (nSPS) is 11.8. The van der Waals surface area contributed by atoms with Crippen LogP contribution in [-0.4, -0.2) is 39.4 Å². The van der Waals surface area contributed by atoms with Gasteiger partial charge in [0.25, 0.3) is 5.89 Å². The van der Waals surface area contributed by atoms with E-state index in [1.165, 1.54) is 24.3 Å². The topological polar surface area (TPSA) is 125 Å². The fraction of sp³-hybridized carbons (Fsp3) is 0.238. The number of halogens is 1. The third-order valence-electron chi connectivity index (χ3n) is 4.57. The van der Waals surface area contributed by atoms with Gasteiger partial charge < -0.3 is 9.26 Å². The largest absolute Gasteiger partial charge is 0.471 e. The molecule has 0 saturated heterocycles. The Morgan fingerprint density at radius 2 is 2.03 bits per heavy atom. The highest BCUT2D eigenvalue weighted by atomic mass is 32.2. The summed E-state index contributed by atoms with van der Waals surface area (Å²) in [5, 5.41) is 8.21. The summed E-state index contributed by atoms with van der Waals surface area (Å²) in [4.78, 5) is 8.37. The minimum absolute atomic E-state index is 0.0801. The summed E-state index contributed by atoms with van der Waals surface area (Å²) in [6, 6.07) is 8.71. The van der Waals surface area contributed by atoms with Crippen molar-refractivity contribution in [2.75, 3.05) is 0 Å². The van der Waals surface area contributed by atoms with Crippen molar-refractivity contribution in [2.24, 2.45) is 7.05 Å². The standard InChI is InChI=1S/C21H21FN6O4S/c1-13(2)27-33(29,30)16-6-4-5-14(9-16)20-25-21(32-26-20)17-11-24-28(3)18(17)12-31-19-8-7-15(22)10-23-19/h4-11,13,27H,12H2,1-3H3. The Hall–Kier alpha value is -3.64. The molecule has 1 aromatic carbocycles. The monoisotopic (exact) mass is 472 g/mol. The molecule has 0 aliphatic rings. The molecule has 0 atom stereocenters. The van der Waals surface area contributed by atoms with Gasteiger partial charge in [0.05, 0.1) is 28.5 Å². The zero-order valence-electron chi connectivity index (χ0n) is 18.1. The molecular weight excluding hydrogens is 451 g/mol. The second kappa shape index (κ2) is 9.08. The molecule has 0 fully saturated rings. The van der Waals surface area contributed by atoms with Gasteiger partial charge in [0.1, 0.15) is 12.4 Å². The number of hydrogen-bond acceptors (Lipinski definition) is 8. The highest BCUT2D eigenvalue weighted by Gasteiger charge is 2.20. The highest BCUT2D eigenvalue weighted by Crippen LogP contribution is 2.27. The number of nitrogens with one attached hydrogen (secondary N) is 1. The number of ether oxygens (including phenoxy) is 1. The molecule has 0 unspecified atom stereocenters. The molecule has 0 aliphatic carbocycles. The van der Waals surface area contributed by atoms with Crippen LogP contribution >= 0.6 is 0 Å². The molecule has 0 saturated carbocycles. The van der Waals surface area contributed by atoms with E-state index in [-0.39, 0.29) is 35.1 Å². The molecule has 4 rings (SSSR count). The summed E-state index contributed by atoms with van der Waals surface area (Å²) in [6.07, 6.45) is 2.62. The predicted molar refractivity (Wildman–Crippen MR) is 116 cm³/mol. The molecule has 0 aliphatic heterocycles. The summed E-state index contributed by atoms with van der Waals surface area (Å²) >= 11 is 0. The molecule has 4 aromatic rings. The molecule has 1 N–H and O–H groups in total. The Morgan fingerprint density at radius 1 is 1.21 bits per heavy atom. The van der Waals surface area contributed by atoms with Crippen LogP contribution < -0.4 is 9.46 Å². The zero-order valence-corrected chi connectivity index (χ0v) is 18.9. The van der Waals surface area contributed by atoms with Crippen molar-refractivity contribution in [1.82, 2.24) is 29.6 Å². The molecule has 12 heteroatoms. The Bertz CT molecular complexity index is 1370. The van der Waals surface area contributed by atoms with Crippen LogP contribution in [0.3, 0.4) is 0 Å². The smallest absolute Gasteiger partial charge is 0.261 e. The summed E-state index contributed by atoms with van der Waals surface area (Å²) in [5.74, 6) is 0.210. The van der Waals surface area contributed by atoms with Crippen molar-refractivity contribution < 1.29 is 22.1 Å². The van der Waals surface area contributed by atoms with Crippen LogP contribution in [0.2, 0.25) is 0 Å². The van der Waals surface area contributed by atoms with E-state index >= 15 is 0 Å². The fourth-order valence-electron chi connectivity index (χ4n) is 3.03. The Kier molecular flexibility index (Phi) is 6.20. The zero-order chi connectivity index (χ0) is 23.6. The minimum atomic E-state index is -3.67. The minimum Gasteiger partial charge on any atom is -0.471 e. The Balaban J connectivity index is 1.58. The lowest BCUT2D eigenvalue weighted by atomic mass is 10.2. The first kappa shape index (κ1) is 22.6. The van der Waals surface area contributed by atoms with Crippen molar-refractivity contribution in [3.05, 3.63) is 60.3 Å². The lowest BCUT2D eigenvalue weighted by Gasteiger charge is -2.09. The van der Waals surface area contributed by atoms with Crippen LogP contribution in [0.15, 0.2) is 58.2 Å². The molecule has 0 amide bonds. The van der Waals surface area contributed by atoms with Gasteiger partial charge in [-0.25, -0.2) is 22.5 Å². The van der Waals surface area contributed by atoms with Gasteiger partial charge in [-0.05, 0) is 32.0 Å². The van der Waals surface area contributed by atoms with Crippen molar-refractivity contribution >= 4 is 10.0 Å². The van der Waals surface area contributed by atoms with E-state index < -0.39 is 15.8 Å². The fourth-order valence-corrected chi connectivity index (χ4v) is 4.33. The third kappa shape index (κ3) is 5.07. The molecule has 0 radical (unpaired) electrons. The number of nitrogens with zero attached hydrogens (tertiary/aromatic N) is 5. The number of rotatable bonds is 8. The number of aryl methyl sites for hydroxylation is 1. The number of aromatic nitrogens is 5. The van der Waals surface area contributed by atoms with E-state index in [0.29, 0.717) is 16.8 Å². The number of hydrogen-bond donors (Lipinski definition) is 1. The molecule has 3 heterocycles. The van der Waals surface area contributed by atoms with Crippen molar-refractivity contribution in [1.29, 1.82) is 0 Å². The first-order valence-corrected chi connectivity index (χ1v) is 11.4. The highest BCUT2D eigenvalue weighted by molar-refractivity contribution is 7.89. The average Bonchev–Trinajstić information content (AvgIpc) is 3.39. The van der Waals surface area contributed by atoms with Crippen LogP contribution in [0.25, 0.3) is 22.8 Å². The number of benzene rings is 1. The second-order valence-corrected chi connectivity index (χ2v) is 9.17. The van der Waals surface area contributed by atoms with Gasteiger partial charge in [-0.3, -0.25) is 4.68 Å². The van der Waals surface area contributed by atoms with Gasteiger partial charge in [0.2, 0.25) is 21.7 Å². The first-order valence-electron chi connectivity index (χ1n) is 9.95. The maximum atomic E-state index is 13.0. The Labute approximate surface area is 189 Å². The first-order chi connectivity index (χ1) is 15.7. The SMILES string of the molecule is CC(C)NS(=O)(=O)c1cccc(-c2noc(-c3cnn(C)c3COc3ccc(F)cn3)n2)c1. The van der Waals surface area contributed by atoms with E-state index in [0.717, 1.165) is 6.20 Å². The summed E-state index contributed by atoms with van der Waals surface area (Å²) in [5.41, 5.74) is 1.66. The van der Waals surface area contributed by atoms with Crippen molar-refractivity contribution in [3.63, 3.8) is 0 Å². The van der Waals surface area contributed by atoms with Crippen molar-refractivity contribution in [3.8, 4) is 28.7 Å². The van der Waals surface area contributed by atoms with Crippen LogP contribution in [0.4, 0.5) is 4.39 Å². The van der Waals surface area contributed by atoms with E-state index in [1.54, 1.807) is 43.9 Å². The van der Waals surface area contributed by atoms with Gasteiger partial charge in [-0.15, -0.1) is 0 Å².